The summed E-state index contributed by atoms with van der Waals surface area (Å²) in [7, 11) is -2.45. The summed E-state index contributed by atoms with van der Waals surface area (Å²) in [5.41, 5.74) is 3.02. The van der Waals surface area contributed by atoms with E-state index in [0.717, 1.165) is 28.0 Å². The van der Waals surface area contributed by atoms with Crippen LogP contribution in [0.4, 0.5) is 5.69 Å². The van der Waals surface area contributed by atoms with Gasteiger partial charge in [0.15, 0.2) is 5.65 Å². The normalized spacial score (nSPS) is 24.7. The zero-order valence-corrected chi connectivity index (χ0v) is 19.9. The highest BCUT2D eigenvalue weighted by Gasteiger charge is 2.53. The van der Waals surface area contributed by atoms with Crippen LogP contribution in [0.15, 0.2) is 17.5 Å². The SMILES string of the molecule is CCNC(=O)C1CC2(CC(c3cnc4c(cnn4CC)c3NC3CCS(O)(O)CC3)=NO2)C1. The van der Waals surface area contributed by atoms with Gasteiger partial charge in [0, 0.05) is 67.6 Å². The molecule has 11 heteroatoms. The zero-order valence-electron chi connectivity index (χ0n) is 19.1. The summed E-state index contributed by atoms with van der Waals surface area (Å²) in [6, 6.07) is 0.127. The van der Waals surface area contributed by atoms with Crippen molar-refractivity contribution in [3.05, 3.63) is 18.0 Å². The van der Waals surface area contributed by atoms with Crippen molar-refractivity contribution in [2.24, 2.45) is 11.1 Å². The molecule has 0 aromatic carbocycles. The molecule has 180 valence electrons. The summed E-state index contributed by atoms with van der Waals surface area (Å²) in [5.74, 6) is 0.886. The van der Waals surface area contributed by atoms with E-state index in [-0.39, 0.29) is 17.9 Å². The third-order valence-corrected chi connectivity index (χ3v) is 8.79. The number of pyridine rings is 1. The molecule has 2 aromatic heterocycles. The van der Waals surface area contributed by atoms with E-state index in [4.69, 9.17) is 4.84 Å². The number of oxime groups is 1. The maximum absolute atomic E-state index is 12.1. The van der Waals surface area contributed by atoms with Crippen molar-refractivity contribution in [1.29, 1.82) is 0 Å². The Morgan fingerprint density at radius 1 is 1.27 bits per heavy atom. The molecule has 2 aliphatic heterocycles. The quantitative estimate of drug-likeness (QED) is 0.503. The van der Waals surface area contributed by atoms with Gasteiger partial charge in [-0.05, 0) is 26.7 Å². The lowest BCUT2D eigenvalue weighted by molar-refractivity contribution is -0.147. The van der Waals surface area contributed by atoms with Crippen LogP contribution in [0.5, 0.6) is 0 Å². The average Bonchev–Trinajstić information content (AvgIpc) is 3.39. The Balaban J connectivity index is 1.39. The molecule has 0 bridgehead atoms. The lowest BCUT2D eigenvalue weighted by Crippen LogP contribution is -2.50. The molecular formula is C22H32N6O4S. The highest BCUT2D eigenvalue weighted by Crippen LogP contribution is 2.48. The maximum atomic E-state index is 12.1. The number of anilines is 1. The minimum absolute atomic E-state index is 0.0255. The third-order valence-electron chi connectivity index (χ3n) is 7.01. The fraction of sp³-hybridized carbons (Fsp3) is 0.636. The topological polar surface area (TPSA) is 134 Å². The van der Waals surface area contributed by atoms with Crippen molar-refractivity contribution in [2.75, 3.05) is 23.4 Å². The smallest absolute Gasteiger partial charge is 0.223 e. The number of amides is 1. The molecule has 1 saturated heterocycles. The van der Waals surface area contributed by atoms with E-state index in [0.29, 0.717) is 56.7 Å². The molecule has 1 saturated carbocycles. The fourth-order valence-electron chi connectivity index (χ4n) is 5.12. The Kier molecular flexibility index (Phi) is 5.74. The van der Waals surface area contributed by atoms with Crippen LogP contribution in [0.1, 0.15) is 51.5 Å². The molecule has 2 fully saturated rings. The van der Waals surface area contributed by atoms with Crippen molar-refractivity contribution < 1.29 is 18.7 Å². The molecule has 1 aliphatic carbocycles. The van der Waals surface area contributed by atoms with E-state index in [2.05, 4.69) is 25.9 Å². The highest BCUT2D eigenvalue weighted by molar-refractivity contribution is 8.24. The number of nitrogens with one attached hydrogen (secondary N) is 2. The number of hydrogen-bond acceptors (Lipinski definition) is 8. The Morgan fingerprint density at radius 3 is 2.73 bits per heavy atom. The van der Waals surface area contributed by atoms with Gasteiger partial charge in [0.2, 0.25) is 5.91 Å². The van der Waals surface area contributed by atoms with Gasteiger partial charge < -0.3 is 15.5 Å². The summed E-state index contributed by atoms with van der Waals surface area (Å²) in [4.78, 5) is 22.7. The first-order valence-electron chi connectivity index (χ1n) is 11.7. The highest BCUT2D eigenvalue weighted by atomic mass is 32.3. The number of nitrogens with zero attached hydrogens (tertiary/aromatic N) is 4. The molecule has 2 aromatic rings. The lowest BCUT2D eigenvalue weighted by atomic mass is 9.68. The second-order valence-corrected chi connectivity index (χ2v) is 11.8. The van der Waals surface area contributed by atoms with Crippen LogP contribution >= 0.6 is 10.6 Å². The standard InChI is InChI=1S/C22H32N6O4S/c1-3-23-21(29)14-9-22(10-14)11-18(27-32-22)16-12-24-20-17(13-25-28(20)4-2)19(16)26-15-5-7-33(30,31)8-6-15/h12-15,30-31H,3-11H2,1-2H3,(H,23,29)(H,24,26). The summed E-state index contributed by atoms with van der Waals surface area (Å²) >= 11 is 0. The van der Waals surface area contributed by atoms with Crippen LogP contribution in [0, 0.1) is 5.92 Å². The minimum Gasteiger partial charge on any atom is -0.388 e. The largest absolute Gasteiger partial charge is 0.388 e. The van der Waals surface area contributed by atoms with Crippen molar-refractivity contribution in [3.8, 4) is 0 Å². The molecule has 1 amide bonds. The Morgan fingerprint density at radius 2 is 2.03 bits per heavy atom. The first-order chi connectivity index (χ1) is 15.8. The van der Waals surface area contributed by atoms with Gasteiger partial charge in [-0.25, -0.2) is 9.67 Å². The fourth-order valence-corrected chi connectivity index (χ4v) is 6.64. The molecule has 10 nitrogen and oxygen atoms in total. The Bertz CT molecular complexity index is 1080. The van der Waals surface area contributed by atoms with Crippen LogP contribution in [-0.4, -0.2) is 65.2 Å². The molecule has 4 heterocycles. The van der Waals surface area contributed by atoms with E-state index in [1.165, 1.54) is 0 Å². The van der Waals surface area contributed by atoms with Gasteiger partial charge in [-0.3, -0.25) is 13.9 Å². The molecule has 3 aliphatic rings. The molecule has 1 spiro atoms. The van der Waals surface area contributed by atoms with Gasteiger partial charge in [0.05, 0.1) is 23.0 Å². The molecular weight excluding hydrogens is 444 g/mol. The number of hydrogen-bond donors (Lipinski definition) is 4. The second-order valence-electron chi connectivity index (χ2n) is 9.36. The number of fused-ring (bicyclic) bond motifs is 1. The van der Waals surface area contributed by atoms with E-state index in [1.54, 1.807) is 0 Å². The molecule has 0 radical (unpaired) electrons. The predicted octanol–water partition coefficient (Wildman–Crippen LogP) is 3.19. The summed E-state index contributed by atoms with van der Waals surface area (Å²) in [5, 5.41) is 16.4. The number of rotatable bonds is 6. The van der Waals surface area contributed by atoms with E-state index < -0.39 is 16.2 Å². The van der Waals surface area contributed by atoms with Crippen LogP contribution in [0.3, 0.4) is 0 Å². The van der Waals surface area contributed by atoms with Crippen molar-refractivity contribution in [1.82, 2.24) is 20.1 Å². The van der Waals surface area contributed by atoms with Gasteiger partial charge in [-0.1, -0.05) is 5.16 Å². The Labute approximate surface area is 194 Å². The lowest BCUT2D eigenvalue weighted by Gasteiger charge is -2.41. The third kappa shape index (κ3) is 4.17. The van der Waals surface area contributed by atoms with Crippen LogP contribution in [0.2, 0.25) is 0 Å². The number of aromatic nitrogens is 3. The van der Waals surface area contributed by atoms with Crippen LogP contribution < -0.4 is 10.6 Å². The van der Waals surface area contributed by atoms with E-state index in [1.807, 2.05) is 30.9 Å². The summed E-state index contributed by atoms with van der Waals surface area (Å²) in [6.45, 7) is 5.30. The summed E-state index contributed by atoms with van der Waals surface area (Å²) < 4.78 is 21.9. The second kappa shape index (κ2) is 8.44. The molecule has 33 heavy (non-hydrogen) atoms. The Hall–Kier alpha value is -2.37. The van der Waals surface area contributed by atoms with Crippen molar-refractivity contribution in [2.45, 2.75) is 64.1 Å². The molecule has 4 N–H and O–H groups in total. The maximum Gasteiger partial charge on any atom is 0.223 e. The average molecular weight is 477 g/mol. The number of carbonyl (C=O) groups is 1. The number of aryl methyl sites for hydroxylation is 1. The molecule has 0 unspecified atom stereocenters. The minimum atomic E-state index is -2.45. The first kappa shape index (κ1) is 22.4. The van der Waals surface area contributed by atoms with Crippen molar-refractivity contribution >= 4 is 38.9 Å². The first-order valence-corrected chi connectivity index (χ1v) is 13.6. The van der Waals surface area contributed by atoms with Gasteiger partial charge in [-0.2, -0.15) is 15.7 Å². The molecule has 5 rings (SSSR count). The van der Waals surface area contributed by atoms with Crippen LogP contribution in [-0.2, 0) is 16.2 Å². The zero-order chi connectivity index (χ0) is 23.2. The van der Waals surface area contributed by atoms with Gasteiger partial charge in [0.1, 0.15) is 5.60 Å². The van der Waals surface area contributed by atoms with Gasteiger partial charge >= 0.3 is 0 Å². The van der Waals surface area contributed by atoms with Gasteiger partial charge in [-0.15, -0.1) is 0 Å². The van der Waals surface area contributed by atoms with Crippen molar-refractivity contribution in [3.63, 3.8) is 0 Å². The van der Waals surface area contributed by atoms with E-state index >= 15 is 0 Å². The molecule has 0 atom stereocenters. The number of carbonyl (C=O) groups excluding carboxylic acids is 1. The summed E-state index contributed by atoms with van der Waals surface area (Å²) in [6.07, 6.45) is 7.00. The predicted molar refractivity (Wildman–Crippen MR) is 129 cm³/mol. The van der Waals surface area contributed by atoms with Gasteiger partial charge in [0.25, 0.3) is 0 Å². The monoisotopic (exact) mass is 476 g/mol. The van der Waals surface area contributed by atoms with E-state index in [9.17, 15) is 13.9 Å². The van der Waals surface area contributed by atoms with Crippen LogP contribution in [0.25, 0.3) is 11.0 Å².